The lowest BCUT2D eigenvalue weighted by molar-refractivity contribution is 0.0989. The molecule has 2 aromatic rings. The number of amides is 1. The van der Waals surface area contributed by atoms with Gasteiger partial charge < -0.3 is 10.2 Å². The van der Waals surface area contributed by atoms with Crippen LogP contribution in [0.3, 0.4) is 0 Å². The molecule has 0 bridgehead atoms. The second-order valence-electron chi connectivity index (χ2n) is 4.25. The van der Waals surface area contributed by atoms with Crippen molar-refractivity contribution in [3.05, 3.63) is 54.0 Å². The van der Waals surface area contributed by atoms with Crippen molar-refractivity contribution in [2.45, 2.75) is 6.92 Å². The number of hydrogen-bond donors (Lipinski definition) is 1. The molecule has 2 rings (SSSR count). The van der Waals surface area contributed by atoms with E-state index in [2.05, 4.69) is 10.3 Å². The van der Waals surface area contributed by atoms with Crippen LogP contribution in [0.4, 0.5) is 15.9 Å². The molecule has 0 saturated heterocycles. The number of para-hydroxylation sites is 1. The van der Waals surface area contributed by atoms with E-state index in [1.165, 1.54) is 17.2 Å². The third kappa shape index (κ3) is 2.77. The normalized spacial score (nSPS) is 10.2. The maximum atomic E-state index is 14.2. The lowest BCUT2D eigenvalue weighted by Gasteiger charge is -2.18. The summed E-state index contributed by atoms with van der Waals surface area (Å²) in [4.78, 5) is 17.6. The summed E-state index contributed by atoms with van der Waals surface area (Å²) in [5, 5.41) is 2.79. The minimum absolute atomic E-state index is 0.00213. The number of pyridine rings is 1. The predicted octanol–water partition coefficient (Wildman–Crippen LogP) is 2.93. The molecule has 1 aromatic heterocycles. The van der Waals surface area contributed by atoms with Gasteiger partial charge in [-0.25, -0.2) is 9.37 Å². The van der Waals surface area contributed by atoms with Crippen LogP contribution in [0.1, 0.15) is 17.3 Å². The first-order valence-electron chi connectivity index (χ1n) is 6.36. The Balaban J connectivity index is 2.32. The number of nitrogens with zero attached hydrogens (tertiary/aromatic N) is 2. The fourth-order valence-corrected chi connectivity index (χ4v) is 1.85. The molecule has 0 unspecified atom stereocenters. The van der Waals surface area contributed by atoms with Crippen LogP contribution < -0.4 is 10.2 Å². The molecule has 1 N–H and O–H groups in total. The molecular formula is C15H16FN3O. The zero-order valence-corrected chi connectivity index (χ0v) is 11.4. The highest BCUT2D eigenvalue weighted by Gasteiger charge is 2.19. The summed E-state index contributed by atoms with van der Waals surface area (Å²) in [6, 6.07) is 10.5. The average Bonchev–Trinajstić information content (AvgIpc) is 2.49. The van der Waals surface area contributed by atoms with Gasteiger partial charge in [0.15, 0.2) is 11.6 Å². The molecule has 0 radical (unpaired) electrons. The third-order valence-electron chi connectivity index (χ3n) is 2.91. The van der Waals surface area contributed by atoms with Gasteiger partial charge in [0.05, 0.1) is 5.56 Å². The molecule has 20 heavy (non-hydrogen) atoms. The van der Waals surface area contributed by atoms with Crippen LogP contribution in [0.25, 0.3) is 0 Å². The van der Waals surface area contributed by atoms with Gasteiger partial charge in [-0.2, -0.15) is 0 Å². The molecule has 0 spiro atoms. The van der Waals surface area contributed by atoms with E-state index in [1.807, 2.05) is 25.1 Å². The Morgan fingerprint density at radius 2 is 2.00 bits per heavy atom. The third-order valence-corrected chi connectivity index (χ3v) is 2.91. The Kier molecular flexibility index (Phi) is 4.30. The number of benzene rings is 1. The van der Waals surface area contributed by atoms with E-state index >= 15 is 0 Å². The number of carbonyl (C=O) groups is 1. The van der Waals surface area contributed by atoms with Crippen LogP contribution in [0.15, 0.2) is 42.6 Å². The van der Waals surface area contributed by atoms with Gasteiger partial charge in [0, 0.05) is 25.5 Å². The highest BCUT2D eigenvalue weighted by molar-refractivity contribution is 6.06. The number of rotatable bonds is 4. The lowest BCUT2D eigenvalue weighted by atomic mass is 10.2. The summed E-state index contributed by atoms with van der Waals surface area (Å²) >= 11 is 0. The van der Waals surface area contributed by atoms with Gasteiger partial charge >= 0.3 is 0 Å². The van der Waals surface area contributed by atoms with Gasteiger partial charge in [0.2, 0.25) is 0 Å². The predicted molar refractivity (Wildman–Crippen MR) is 77.5 cm³/mol. The zero-order chi connectivity index (χ0) is 14.5. The van der Waals surface area contributed by atoms with Crippen molar-refractivity contribution in [1.82, 2.24) is 4.98 Å². The van der Waals surface area contributed by atoms with Crippen molar-refractivity contribution in [1.29, 1.82) is 0 Å². The van der Waals surface area contributed by atoms with Gasteiger partial charge in [-0.05, 0) is 25.1 Å². The topological polar surface area (TPSA) is 45.2 Å². The van der Waals surface area contributed by atoms with E-state index < -0.39 is 11.7 Å². The molecule has 4 nitrogen and oxygen atoms in total. The van der Waals surface area contributed by atoms with Crippen LogP contribution in [0, 0.1) is 5.82 Å². The summed E-state index contributed by atoms with van der Waals surface area (Å²) in [5.41, 5.74) is 0.709. The Morgan fingerprint density at radius 3 is 2.65 bits per heavy atom. The fourth-order valence-electron chi connectivity index (χ4n) is 1.85. The van der Waals surface area contributed by atoms with Gasteiger partial charge in [-0.3, -0.25) is 4.79 Å². The van der Waals surface area contributed by atoms with Crippen LogP contribution in [-0.2, 0) is 0 Å². The second kappa shape index (κ2) is 6.14. The number of aromatic nitrogens is 1. The summed E-state index contributed by atoms with van der Waals surface area (Å²) in [6.45, 7) is 2.38. The first-order chi connectivity index (χ1) is 9.65. The quantitative estimate of drug-likeness (QED) is 0.931. The largest absolute Gasteiger partial charge is 0.368 e. The van der Waals surface area contributed by atoms with E-state index in [4.69, 9.17) is 0 Å². The van der Waals surface area contributed by atoms with E-state index in [-0.39, 0.29) is 11.4 Å². The fraction of sp³-hybridized carbons (Fsp3) is 0.200. The summed E-state index contributed by atoms with van der Waals surface area (Å²) < 4.78 is 14.2. The molecule has 0 fully saturated rings. The molecule has 5 heteroatoms. The number of halogens is 1. The van der Waals surface area contributed by atoms with Crippen LogP contribution in [-0.4, -0.2) is 24.5 Å². The number of hydrogen-bond acceptors (Lipinski definition) is 3. The molecule has 1 heterocycles. The van der Waals surface area contributed by atoms with Crippen molar-refractivity contribution in [3.63, 3.8) is 0 Å². The van der Waals surface area contributed by atoms with Gasteiger partial charge in [-0.1, -0.05) is 18.2 Å². The summed E-state index contributed by atoms with van der Waals surface area (Å²) in [6.07, 6.45) is 1.42. The molecule has 0 saturated carbocycles. The Labute approximate surface area is 117 Å². The molecule has 0 aliphatic carbocycles. The van der Waals surface area contributed by atoms with E-state index in [9.17, 15) is 9.18 Å². The Bertz CT molecular complexity index is 601. The van der Waals surface area contributed by atoms with Crippen molar-refractivity contribution in [2.75, 3.05) is 23.8 Å². The van der Waals surface area contributed by atoms with Gasteiger partial charge in [-0.15, -0.1) is 0 Å². The van der Waals surface area contributed by atoms with E-state index in [1.54, 1.807) is 19.2 Å². The minimum atomic E-state index is -0.623. The van der Waals surface area contributed by atoms with E-state index in [0.717, 1.165) is 0 Å². The number of nitrogens with one attached hydrogen (secondary N) is 1. The van der Waals surface area contributed by atoms with Gasteiger partial charge in [0.25, 0.3) is 5.91 Å². The number of carbonyl (C=O) groups excluding carboxylic acids is 1. The van der Waals surface area contributed by atoms with Crippen LogP contribution in [0.2, 0.25) is 0 Å². The summed E-state index contributed by atoms with van der Waals surface area (Å²) in [5.74, 6) is -0.933. The molecule has 104 valence electrons. The lowest BCUT2D eigenvalue weighted by Crippen LogP contribution is -2.27. The summed E-state index contributed by atoms with van der Waals surface area (Å²) in [7, 11) is 1.62. The first-order valence-corrected chi connectivity index (χ1v) is 6.36. The monoisotopic (exact) mass is 273 g/mol. The maximum absolute atomic E-state index is 14.2. The first kappa shape index (κ1) is 14.0. The average molecular weight is 273 g/mol. The maximum Gasteiger partial charge on any atom is 0.261 e. The van der Waals surface area contributed by atoms with Crippen molar-refractivity contribution >= 4 is 17.4 Å². The Morgan fingerprint density at radius 1 is 1.30 bits per heavy atom. The van der Waals surface area contributed by atoms with E-state index in [0.29, 0.717) is 12.2 Å². The highest BCUT2D eigenvalue weighted by Crippen LogP contribution is 2.19. The molecule has 1 amide bonds. The van der Waals surface area contributed by atoms with Crippen molar-refractivity contribution in [3.8, 4) is 0 Å². The molecular weight excluding hydrogens is 257 g/mol. The van der Waals surface area contributed by atoms with Crippen molar-refractivity contribution < 1.29 is 9.18 Å². The molecule has 1 aromatic carbocycles. The standard InChI is InChI=1S/C15H16FN3O/c1-3-17-14-13(16)12(9-10-18-14)15(20)19(2)11-7-5-4-6-8-11/h4-10H,3H2,1-2H3,(H,17,18). The molecule has 0 aliphatic heterocycles. The number of anilines is 2. The molecule has 0 aliphatic rings. The second-order valence-corrected chi connectivity index (χ2v) is 4.25. The Hall–Kier alpha value is -2.43. The zero-order valence-electron chi connectivity index (χ0n) is 11.4. The van der Waals surface area contributed by atoms with Crippen LogP contribution >= 0.6 is 0 Å². The minimum Gasteiger partial charge on any atom is -0.368 e. The smallest absolute Gasteiger partial charge is 0.261 e. The van der Waals surface area contributed by atoms with Gasteiger partial charge in [0.1, 0.15) is 0 Å². The van der Waals surface area contributed by atoms with Crippen molar-refractivity contribution in [2.24, 2.45) is 0 Å². The highest BCUT2D eigenvalue weighted by atomic mass is 19.1. The molecule has 0 atom stereocenters. The van der Waals surface area contributed by atoms with Crippen LogP contribution in [0.5, 0.6) is 0 Å². The SMILES string of the molecule is CCNc1nccc(C(=O)N(C)c2ccccc2)c1F.